The second-order valence-corrected chi connectivity index (χ2v) is 6.38. The number of carbonyl (C=O) groups excluding carboxylic acids is 1. The number of hydrogen-bond donors (Lipinski definition) is 1. The molecule has 0 bridgehead atoms. The van der Waals surface area contributed by atoms with Gasteiger partial charge in [-0.3, -0.25) is 9.69 Å². The van der Waals surface area contributed by atoms with E-state index in [2.05, 4.69) is 48.2 Å². The van der Waals surface area contributed by atoms with E-state index in [1.165, 1.54) is 42.6 Å². The van der Waals surface area contributed by atoms with Crippen LogP contribution < -0.4 is 5.73 Å². The summed E-state index contributed by atoms with van der Waals surface area (Å²) >= 11 is 0. The minimum atomic E-state index is -0.294. The zero-order valence-electron chi connectivity index (χ0n) is 13.7. The quantitative estimate of drug-likeness (QED) is 0.918. The van der Waals surface area contributed by atoms with Crippen LogP contribution in [-0.2, 0) is 11.2 Å². The summed E-state index contributed by atoms with van der Waals surface area (Å²) in [6.07, 6.45) is 2.94. The maximum atomic E-state index is 11.0. The fourth-order valence-corrected chi connectivity index (χ4v) is 3.31. The number of rotatable bonds is 5. The van der Waals surface area contributed by atoms with Gasteiger partial charge in [-0.05, 0) is 55.1 Å². The predicted molar refractivity (Wildman–Crippen MR) is 94.0 cm³/mol. The van der Waals surface area contributed by atoms with E-state index >= 15 is 0 Å². The number of nitrogens with zero attached hydrogens (tertiary/aromatic N) is 1. The number of primary amides is 1. The van der Waals surface area contributed by atoms with E-state index in [1.807, 2.05) is 12.1 Å². The molecular weight excluding hydrogens is 284 g/mol. The molecule has 0 aromatic heterocycles. The van der Waals surface area contributed by atoms with E-state index in [0.717, 1.165) is 5.56 Å². The lowest BCUT2D eigenvalue weighted by molar-refractivity contribution is -0.117. The Morgan fingerprint density at radius 3 is 2.04 bits per heavy atom. The van der Waals surface area contributed by atoms with Gasteiger partial charge in [0.15, 0.2) is 0 Å². The number of carbonyl (C=O) groups is 1. The molecule has 2 N–H and O–H groups in total. The molecule has 2 aromatic carbocycles. The van der Waals surface area contributed by atoms with Crippen LogP contribution in [0, 0.1) is 0 Å². The Kier molecular flexibility index (Phi) is 4.77. The fraction of sp³-hybridized carbons (Fsp3) is 0.350. The number of nitrogens with two attached hydrogens (primary N) is 1. The van der Waals surface area contributed by atoms with E-state index in [-0.39, 0.29) is 5.91 Å². The molecule has 1 saturated heterocycles. The number of likely N-dealkylation sites (tertiary alicyclic amines) is 1. The highest BCUT2D eigenvalue weighted by Gasteiger charge is 2.19. The van der Waals surface area contributed by atoms with Crippen LogP contribution in [0.3, 0.4) is 0 Å². The molecule has 0 aliphatic carbocycles. The summed E-state index contributed by atoms with van der Waals surface area (Å²) in [7, 11) is 0. The van der Waals surface area contributed by atoms with E-state index in [0.29, 0.717) is 12.5 Å². The summed E-state index contributed by atoms with van der Waals surface area (Å²) in [4.78, 5) is 13.5. The third kappa shape index (κ3) is 3.80. The summed E-state index contributed by atoms with van der Waals surface area (Å²) in [6.45, 7) is 4.72. The van der Waals surface area contributed by atoms with Crippen LogP contribution in [0.15, 0.2) is 48.5 Å². The molecule has 1 heterocycles. The molecule has 3 nitrogen and oxygen atoms in total. The number of hydrogen-bond acceptors (Lipinski definition) is 2. The summed E-state index contributed by atoms with van der Waals surface area (Å²) < 4.78 is 0. The highest BCUT2D eigenvalue weighted by molar-refractivity contribution is 5.77. The summed E-state index contributed by atoms with van der Waals surface area (Å²) in [5.74, 6) is -0.294. The van der Waals surface area contributed by atoms with Crippen LogP contribution >= 0.6 is 0 Å². The second-order valence-electron chi connectivity index (χ2n) is 6.38. The molecule has 2 aromatic rings. The van der Waals surface area contributed by atoms with Gasteiger partial charge in [-0.1, -0.05) is 48.5 Å². The Bertz CT molecular complexity index is 655. The highest BCUT2D eigenvalue weighted by atomic mass is 16.1. The molecule has 0 saturated carbocycles. The Morgan fingerprint density at radius 2 is 1.52 bits per heavy atom. The van der Waals surface area contributed by atoms with Crippen molar-refractivity contribution in [1.82, 2.24) is 4.90 Å². The summed E-state index contributed by atoms with van der Waals surface area (Å²) in [5, 5.41) is 0. The Labute approximate surface area is 138 Å². The van der Waals surface area contributed by atoms with Crippen molar-refractivity contribution in [2.24, 2.45) is 5.73 Å². The predicted octanol–water partition coefficient (Wildman–Crippen LogP) is 3.54. The van der Waals surface area contributed by atoms with Crippen LogP contribution in [0.1, 0.15) is 36.9 Å². The van der Waals surface area contributed by atoms with Gasteiger partial charge in [0, 0.05) is 6.04 Å². The average Bonchev–Trinajstić information content (AvgIpc) is 3.09. The van der Waals surface area contributed by atoms with Crippen LogP contribution in [0.25, 0.3) is 11.1 Å². The van der Waals surface area contributed by atoms with Gasteiger partial charge in [0.05, 0.1) is 6.42 Å². The maximum Gasteiger partial charge on any atom is 0.221 e. The molecule has 1 aliphatic rings. The summed E-state index contributed by atoms with van der Waals surface area (Å²) in [5.41, 5.74) is 9.93. The van der Waals surface area contributed by atoms with Crippen molar-refractivity contribution in [2.45, 2.75) is 32.2 Å². The van der Waals surface area contributed by atoms with Gasteiger partial charge in [-0.25, -0.2) is 0 Å². The molecule has 1 atom stereocenters. The van der Waals surface area contributed by atoms with Crippen LogP contribution in [0.2, 0.25) is 0 Å². The normalized spacial score (nSPS) is 16.4. The first-order valence-electron chi connectivity index (χ1n) is 8.35. The van der Waals surface area contributed by atoms with Crippen molar-refractivity contribution >= 4 is 5.91 Å². The van der Waals surface area contributed by atoms with E-state index in [1.54, 1.807) is 0 Å². The highest BCUT2D eigenvalue weighted by Crippen LogP contribution is 2.27. The average molecular weight is 308 g/mol. The topological polar surface area (TPSA) is 46.3 Å². The van der Waals surface area contributed by atoms with E-state index in [4.69, 9.17) is 5.73 Å². The zero-order valence-corrected chi connectivity index (χ0v) is 13.7. The molecular formula is C20H24N2O. The third-order valence-electron chi connectivity index (χ3n) is 4.75. The molecule has 120 valence electrons. The molecule has 3 heteroatoms. The Balaban J connectivity index is 1.72. The van der Waals surface area contributed by atoms with Gasteiger partial charge < -0.3 is 5.73 Å². The van der Waals surface area contributed by atoms with Gasteiger partial charge in [0.1, 0.15) is 0 Å². The molecule has 1 amide bonds. The van der Waals surface area contributed by atoms with E-state index in [9.17, 15) is 4.79 Å². The van der Waals surface area contributed by atoms with Crippen molar-refractivity contribution in [3.8, 4) is 11.1 Å². The molecule has 0 spiro atoms. The Morgan fingerprint density at radius 1 is 1.00 bits per heavy atom. The molecule has 23 heavy (non-hydrogen) atoms. The molecule has 1 aliphatic heterocycles. The monoisotopic (exact) mass is 308 g/mol. The van der Waals surface area contributed by atoms with Crippen molar-refractivity contribution in [1.29, 1.82) is 0 Å². The number of benzene rings is 2. The molecule has 0 radical (unpaired) electrons. The lowest BCUT2D eigenvalue weighted by Crippen LogP contribution is -2.23. The SMILES string of the molecule is CC(c1ccc(-c2ccc(CC(N)=O)cc2)cc1)N1CCCC1. The van der Waals surface area contributed by atoms with Gasteiger partial charge in [-0.2, -0.15) is 0 Å². The van der Waals surface area contributed by atoms with Gasteiger partial charge in [0.2, 0.25) is 5.91 Å². The van der Waals surface area contributed by atoms with Gasteiger partial charge >= 0.3 is 0 Å². The summed E-state index contributed by atoms with van der Waals surface area (Å²) in [6, 6.07) is 17.4. The second kappa shape index (κ2) is 6.97. The van der Waals surface area contributed by atoms with Crippen LogP contribution in [0.5, 0.6) is 0 Å². The largest absolute Gasteiger partial charge is 0.369 e. The fourth-order valence-electron chi connectivity index (χ4n) is 3.31. The Hall–Kier alpha value is -2.13. The van der Waals surface area contributed by atoms with E-state index < -0.39 is 0 Å². The minimum Gasteiger partial charge on any atom is -0.369 e. The molecule has 3 rings (SSSR count). The smallest absolute Gasteiger partial charge is 0.221 e. The first-order valence-corrected chi connectivity index (χ1v) is 8.35. The van der Waals surface area contributed by atoms with Crippen LogP contribution in [0.4, 0.5) is 0 Å². The first kappa shape index (κ1) is 15.8. The van der Waals surface area contributed by atoms with Gasteiger partial charge in [0.25, 0.3) is 0 Å². The molecule has 1 fully saturated rings. The van der Waals surface area contributed by atoms with Crippen molar-refractivity contribution in [3.63, 3.8) is 0 Å². The minimum absolute atomic E-state index is 0.294. The van der Waals surface area contributed by atoms with Crippen molar-refractivity contribution < 1.29 is 4.79 Å². The van der Waals surface area contributed by atoms with Crippen molar-refractivity contribution in [3.05, 3.63) is 59.7 Å². The van der Waals surface area contributed by atoms with Crippen molar-refractivity contribution in [2.75, 3.05) is 13.1 Å². The number of amides is 1. The zero-order chi connectivity index (χ0) is 16.2. The third-order valence-corrected chi connectivity index (χ3v) is 4.75. The van der Waals surface area contributed by atoms with Gasteiger partial charge in [-0.15, -0.1) is 0 Å². The molecule has 1 unspecified atom stereocenters. The lowest BCUT2D eigenvalue weighted by Gasteiger charge is -2.24. The first-order chi connectivity index (χ1) is 11.1. The van der Waals surface area contributed by atoms with Crippen LogP contribution in [-0.4, -0.2) is 23.9 Å². The maximum absolute atomic E-state index is 11.0. The lowest BCUT2D eigenvalue weighted by atomic mass is 9.99. The standard InChI is InChI=1S/C20H24N2O/c1-15(22-12-2-3-13-22)17-8-10-19(11-9-17)18-6-4-16(5-7-18)14-20(21)23/h4-11,15H,2-3,12-14H2,1H3,(H2,21,23).